The summed E-state index contributed by atoms with van der Waals surface area (Å²) >= 11 is 0. The predicted octanol–water partition coefficient (Wildman–Crippen LogP) is 2.52. The van der Waals surface area contributed by atoms with Crippen LogP contribution in [0.25, 0.3) is 0 Å². The highest BCUT2D eigenvalue weighted by Gasteiger charge is 2.08. The van der Waals surface area contributed by atoms with Crippen LogP contribution in [-0.4, -0.2) is 24.5 Å². The van der Waals surface area contributed by atoms with Crippen molar-refractivity contribution in [1.82, 2.24) is 4.90 Å². The third-order valence-corrected chi connectivity index (χ3v) is 2.21. The van der Waals surface area contributed by atoms with E-state index in [9.17, 15) is 0 Å². The van der Waals surface area contributed by atoms with Gasteiger partial charge in [-0.25, -0.2) is 0 Å². The Balaban J connectivity index is 2.27. The lowest BCUT2D eigenvalue weighted by molar-refractivity contribution is 0.255. The molecule has 0 aromatic heterocycles. The average molecular weight is 179 g/mol. The van der Waals surface area contributed by atoms with Gasteiger partial charge >= 0.3 is 0 Å². The highest BCUT2D eigenvalue weighted by atomic mass is 15.1. The Labute approximate surface area is 82.5 Å². The first-order valence-corrected chi connectivity index (χ1v) is 5.30. The van der Waals surface area contributed by atoms with Crippen LogP contribution in [0.2, 0.25) is 0 Å². The van der Waals surface area contributed by atoms with E-state index in [0.29, 0.717) is 0 Å². The van der Waals surface area contributed by atoms with Gasteiger partial charge in [-0.1, -0.05) is 18.3 Å². The fourth-order valence-corrected chi connectivity index (χ4v) is 1.53. The molecule has 0 aliphatic carbocycles. The standard InChI is InChI=1S/C12H21N/c1-12(2,3)8-7-11-13-9-5-4-6-10-13/h4-6,9-11H2,1-3H3. The number of hydrogen-bond acceptors (Lipinski definition) is 1. The van der Waals surface area contributed by atoms with Crippen molar-refractivity contribution in [3.05, 3.63) is 0 Å². The quantitative estimate of drug-likeness (QED) is 0.559. The van der Waals surface area contributed by atoms with Crippen molar-refractivity contribution in [2.75, 3.05) is 19.6 Å². The van der Waals surface area contributed by atoms with E-state index < -0.39 is 0 Å². The molecule has 1 saturated heterocycles. The summed E-state index contributed by atoms with van der Waals surface area (Å²) in [5, 5.41) is 0. The van der Waals surface area contributed by atoms with Crippen LogP contribution in [-0.2, 0) is 0 Å². The normalized spacial score (nSPS) is 19.3. The van der Waals surface area contributed by atoms with E-state index in [1.165, 1.54) is 32.4 Å². The molecule has 1 heterocycles. The van der Waals surface area contributed by atoms with Gasteiger partial charge in [0.05, 0.1) is 6.54 Å². The number of piperidine rings is 1. The van der Waals surface area contributed by atoms with Gasteiger partial charge in [0.2, 0.25) is 0 Å². The van der Waals surface area contributed by atoms with Crippen LogP contribution >= 0.6 is 0 Å². The number of likely N-dealkylation sites (tertiary alicyclic amines) is 1. The van der Waals surface area contributed by atoms with Gasteiger partial charge in [-0.3, -0.25) is 4.90 Å². The molecule has 13 heavy (non-hydrogen) atoms. The minimum Gasteiger partial charge on any atom is -0.292 e. The SMILES string of the molecule is CC(C)(C)C#CCN1CCCCC1. The van der Waals surface area contributed by atoms with Crippen LogP contribution in [0, 0.1) is 17.3 Å². The molecule has 0 radical (unpaired) electrons. The lowest BCUT2D eigenvalue weighted by Gasteiger charge is -2.24. The molecule has 1 nitrogen and oxygen atoms in total. The zero-order valence-corrected chi connectivity index (χ0v) is 9.19. The molecular weight excluding hydrogens is 158 g/mol. The Morgan fingerprint density at radius 1 is 1.08 bits per heavy atom. The van der Waals surface area contributed by atoms with Crippen LogP contribution < -0.4 is 0 Å². The van der Waals surface area contributed by atoms with Crippen molar-refractivity contribution in [1.29, 1.82) is 0 Å². The van der Waals surface area contributed by atoms with Crippen molar-refractivity contribution in [2.24, 2.45) is 5.41 Å². The van der Waals surface area contributed by atoms with E-state index in [2.05, 4.69) is 37.5 Å². The van der Waals surface area contributed by atoms with Gasteiger partial charge < -0.3 is 0 Å². The van der Waals surface area contributed by atoms with E-state index in [0.717, 1.165) is 6.54 Å². The van der Waals surface area contributed by atoms with Crippen molar-refractivity contribution in [3.8, 4) is 11.8 Å². The molecule has 1 aliphatic heterocycles. The monoisotopic (exact) mass is 179 g/mol. The maximum Gasteiger partial charge on any atom is 0.0601 e. The molecule has 1 fully saturated rings. The first kappa shape index (κ1) is 10.6. The number of hydrogen-bond donors (Lipinski definition) is 0. The lowest BCUT2D eigenvalue weighted by atomic mass is 9.98. The first-order valence-electron chi connectivity index (χ1n) is 5.30. The Bertz CT molecular complexity index is 195. The predicted molar refractivity (Wildman–Crippen MR) is 57.5 cm³/mol. The molecule has 0 N–H and O–H groups in total. The Morgan fingerprint density at radius 2 is 1.69 bits per heavy atom. The van der Waals surface area contributed by atoms with Crippen LogP contribution in [0.3, 0.4) is 0 Å². The second kappa shape index (κ2) is 4.67. The average Bonchev–Trinajstić information content (AvgIpc) is 2.04. The van der Waals surface area contributed by atoms with Gasteiger partial charge in [0.15, 0.2) is 0 Å². The fourth-order valence-electron chi connectivity index (χ4n) is 1.53. The van der Waals surface area contributed by atoms with Gasteiger partial charge in [0.25, 0.3) is 0 Å². The molecule has 0 bridgehead atoms. The van der Waals surface area contributed by atoms with E-state index in [4.69, 9.17) is 0 Å². The van der Waals surface area contributed by atoms with Crippen molar-refractivity contribution >= 4 is 0 Å². The third-order valence-electron chi connectivity index (χ3n) is 2.21. The van der Waals surface area contributed by atoms with Gasteiger partial charge in [-0.2, -0.15) is 0 Å². The van der Waals surface area contributed by atoms with Gasteiger partial charge in [0.1, 0.15) is 0 Å². The second-order valence-corrected chi connectivity index (χ2v) is 4.89. The molecule has 0 atom stereocenters. The van der Waals surface area contributed by atoms with E-state index in [1.54, 1.807) is 0 Å². The smallest absolute Gasteiger partial charge is 0.0601 e. The molecule has 0 saturated carbocycles. The minimum absolute atomic E-state index is 0.162. The highest BCUT2D eigenvalue weighted by molar-refractivity contribution is 5.08. The first-order chi connectivity index (χ1) is 6.08. The summed E-state index contributed by atoms with van der Waals surface area (Å²) in [6.07, 6.45) is 4.12. The van der Waals surface area contributed by atoms with Crippen LogP contribution in [0.4, 0.5) is 0 Å². The molecule has 0 unspecified atom stereocenters. The van der Waals surface area contributed by atoms with Crippen LogP contribution in [0.1, 0.15) is 40.0 Å². The Hall–Kier alpha value is -0.480. The largest absolute Gasteiger partial charge is 0.292 e. The summed E-state index contributed by atoms with van der Waals surface area (Å²) in [4.78, 5) is 2.46. The van der Waals surface area contributed by atoms with Gasteiger partial charge in [-0.05, 0) is 46.7 Å². The van der Waals surface area contributed by atoms with Crippen molar-refractivity contribution < 1.29 is 0 Å². The topological polar surface area (TPSA) is 3.24 Å². The fraction of sp³-hybridized carbons (Fsp3) is 0.833. The molecule has 0 aromatic rings. The van der Waals surface area contributed by atoms with Gasteiger partial charge in [-0.15, -0.1) is 0 Å². The van der Waals surface area contributed by atoms with Crippen molar-refractivity contribution in [2.45, 2.75) is 40.0 Å². The molecular formula is C12H21N. The van der Waals surface area contributed by atoms with E-state index in [1.807, 2.05) is 0 Å². The Morgan fingerprint density at radius 3 is 2.23 bits per heavy atom. The summed E-state index contributed by atoms with van der Waals surface area (Å²) in [6, 6.07) is 0. The van der Waals surface area contributed by atoms with Crippen LogP contribution in [0.5, 0.6) is 0 Å². The molecule has 1 aliphatic rings. The highest BCUT2D eigenvalue weighted by Crippen LogP contribution is 2.10. The lowest BCUT2D eigenvalue weighted by Crippen LogP contribution is -2.30. The Kier molecular flexibility index (Phi) is 3.81. The molecule has 0 aromatic carbocycles. The van der Waals surface area contributed by atoms with E-state index >= 15 is 0 Å². The zero-order chi connectivity index (χ0) is 9.73. The summed E-state index contributed by atoms with van der Waals surface area (Å²) < 4.78 is 0. The molecule has 1 rings (SSSR count). The summed E-state index contributed by atoms with van der Waals surface area (Å²) in [5.41, 5.74) is 0.162. The number of rotatable bonds is 1. The van der Waals surface area contributed by atoms with Crippen molar-refractivity contribution in [3.63, 3.8) is 0 Å². The summed E-state index contributed by atoms with van der Waals surface area (Å²) in [5.74, 6) is 6.55. The maximum absolute atomic E-state index is 3.28. The van der Waals surface area contributed by atoms with E-state index in [-0.39, 0.29) is 5.41 Å². The third kappa shape index (κ3) is 4.95. The zero-order valence-electron chi connectivity index (χ0n) is 9.19. The molecule has 0 amide bonds. The molecule has 0 spiro atoms. The summed E-state index contributed by atoms with van der Waals surface area (Å²) in [6.45, 7) is 9.96. The van der Waals surface area contributed by atoms with Gasteiger partial charge in [0, 0.05) is 5.41 Å². The minimum atomic E-state index is 0.162. The summed E-state index contributed by atoms with van der Waals surface area (Å²) in [7, 11) is 0. The van der Waals surface area contributed by atoms with Crippen LogP contribution in [0.15, 0.2) is 0 Å². The number of nitrogens with zero attached hydrogens (tertiary/aromatic N) is 1. The molecule has 74 valence electrons. The second-order valence-electron chi connectivity index (χ2n) is 4.89. The maximum atomic E-state index is 3.28. The molecule has 1 heteroatoms.